The summed E-state index contributed by atoms with van der Waals surface area (Å²) < 4.78 is 12.3. The monoisotopic (exact) mass is 1020 g/mol. The summed E-state index contributed by atoms with van der Waals surface area (Å²) in [7, 11) is 0. The maximum Gasteiger partial charge on any atom is 0.227 e. The van der Waals surface area contributed by atoms with Crippen molar-refractivity contribution in [1.82, 2.24) is 9.97 Å². The van der Waals surface area contributed by atoms with Crippen molar-refractivity contribution < 1.29 is 8.83 Å². The summed E-state index contributed by atoms with van der Waals surface area (Å²) >= 11 is 0. The molecule has 0 aliphatic heterocycles. The topological polar surface area (TPSA) is 58.5 Å². The molecule has 0 amide bonds. The lowest BCUT2D eigenvalue weighted by Gasteiger charge is -2.27. The van der Waals surface area contributed by atoms with E-state index >= 15 is 0 Å². The zero-order valence-corrected chi connectivity index (χ0v) is 43.3. The van der Waals surface area contributed by atoms with Crippen LogP contribution in [0.3, 0.4) is 0 Å². The van der Waals surface area contributed by atoms with Crippen molar-refractivity contribution in [3.05, 3.63) is 291 Å². The third-order valence-electron chi connectivity index (χ3n) is 15.3. The number of hydrogen-bond donors (Lipinski definition) is 0. The van der Waals surface area contributed by atoms with E-state index in [1.54, 1.807) is 0 Å². The SMILES string of the molecule is c1ccc(-c2ccc(N(c3ccc(-c4ccc5cc(N(c6ccc(-c7ccccc7)cc6)c6ccc7cc(-c8nc9ccccc9o8)ccc7c6)ccc5c4)cc3)c3ccc4cc(-c5nc6ccccc6o5)ccc4c3)cc2)cc1. The van der Waals surface area contributed by atoms with Crippen molar-refractivity contribution in [2.75, 3.05) is 9.80 Å². The first-order valence-corrected chi connectivity index (χ1v) is 26.9. The third-order valence-corrected chi connectivity index (χ3v) is 15.3. The number of oxazole rings is 2. The van der Waals surface area contributed by atoms with E-state index in [1.165, 1.54) is 22.3 Å². The van der Waals surface area contributed by atoms with Crippen LogP contribution in [0.15, 0.2) is 300 Å². The fraction of sp³-hybridized carbons (Fsp3) is 0. The molecule has 6 nitrogen and oxygen atoms in total. The van der Waals surface area contributed by atoms with Crippen molar-refractivity contribution in [2.24, 2.45) is 0 Å². The van der Waals surface area contributed by atoms with Crippen molar-refractivity contribution in [1.29, 1.82) is 0 Å². The fourth-order valence-electron chi connectivity index (χ4n) is 11.1. The minimum Gasteiger partial charge on any atom is -0.436 e. The second kappa shape index (κ2) is 19.6. The second-order valence-corrected chi connectivity index (χ2v) is 20.3. The van der Waals surface area contributed by atoms with Crippen LogP contribution in [-0.4, -0.2) is 9.97 Å². The van der Waals surface area contributed by atoms with E-state index in [2.05, 4.69) is 252 Å². The number of hydrogen-bond acceptors (Lipinski definition) is 6. The van der Waals surface area contributed by atoms with Crippen molar-refractivity contribution in [3.63, 3.8) is 0 Å². The van der Waals surface area contributed by atoms with Gasteiger partial charge >= 0.3 is 0 Å². The van der Waals surface area contributed by atoms with E-state index in [-0.39, 0.29) is 0 Å². The number of para-hydroxylation sites is 4. The van der Waals surface area contributed by atoms with E-state index in [9.17, 15) is 0 Å². The molecule has 0 fully saturated rings. The summed E-state index contributed by atoms with van der Waals surface area (Å²) in [6.07, 6.45) is 0. The van der Waals surface area contributed by atoms with Gasteiger partial charge in [0.25, 0.3) is 0 Å². The highest BCUT2D eigenvalue weighted by atomic mass is 16.4. The number of benzene rings is 13. The number of anilines is 6. The molecular formula is C74H48N4O2. The first-order chi connectivity index (χ1) is 39.6. The molecule has 13 aromatic carbocycles. The zero-order chi connectivity index (χ0) is 52.9. The summed E-state index contributed by atoms with van der Waals surface area (Å²) in [6, 6.07) is 103. The molecule has 2 aromatic heterocycles. The van der Waals surface area contributed by atoms with Gasteiger partial charge in [-0.15, -0.1) is 0 Å². The maximum atomic E-state index is 6.15. The smallest absolute Gasteiger partial charge is 0.227 e. The van der Waals surface area contributed by atoms with Crippen LogP contribution in [0.4, 0.5) is 34.1 Å². The molecule has 376 valence electrons. The van der Waals surface area contributed by atoms with Gasteiger partial charge in [-0.25, -0.2) is 9.97 Å². The van der Waals surface area contributed by atoms with Crippen LogP contribution in [0.25, 0.3) is 111 Å². The molecule has 6 heteroatoms. The Labute approximate surface area is 462 Å². The Morgan fingerprint density at radius 2 is 0.487 bits per heavy atom. The minimum atomic E-state index is 0.618. The summed E-state index contributed by atoms with van der Waals surface area (Å²) in [6.45, 7) is 0. The Bertz CT molecular complexity index is 4690. The number of nitrogens with zero attached hydrogens (tertiary/aromatic N) is 4. The van der Waals surface area contributed by atoms with Crippen LogP contribution in [-0.2, 0) is 0 Å². The molecule has 2 heterocycles. The quantitative estimate of drug-likeness (QED) is 0.129. The van der Waals surface area contributed by atoms with Gasteiger partial charge in [0.05, 0.1) is 0 Å². The van der Waals surface area contributed by atoms with Gasteiger partial charge in [0, 0.05) is 45.3 Å². The van der Waals surface area contributed by atoms with E-state index in [1.807, 2.05) is 48.5 Å². The van der Waals surface area contributed by atoms with Crippen LogP contribution >= 0.6 is 0 Å². The van der Waals surface area contributed by atoms with Gasteiger partial charge in [-0.1, -0.05) is 164 Å². The van der Waals surface area contributed by atoms with Gasteiger partial charge in [0.2, 0.25) is 11.8 Å². The zero-order valence-electron chi connectivity index (χ0n) is 43.3. The second-order valence-electron chi connectivity index (χ2n) is 20.3. The molecule has 0 N–H and O–H groups in total. The minimum absolute atomic E-state index is 0.618. The Kier molecular flexibility index (Phi) is 11.4. The molecule has 0 bridgehead atoms. The Morgan fingerprint density at radius 1 is 0.212 bits per heavy atom. The summed E-state index contributed by atoms with van der Waals surface area (Å²) in [5.41, 5.74) is 18.5. The Morgan fingerprint density at radius 3 is 0.887 bits per heavy atom. The molecule has 15 aromatic rings. The molecule has 80 heavy (non-hydrogen) atoms. The largest absolute Gasteiger partial charge is 0.436 e. The number of rotatable bonds is 11. The average Bonchev–Trinajstić information content (AvgIpc) is 4.21. The standard InChI is InChI=1S/C74H48N4O2/c1-3-11-49(12-4-1)51-25-34-63(35-26-51)77(66-40-32-56-44-61(23-21-59(56)46-66)73-75-69-15-7-9-17-71(69)79-73)64-38-29-53(30-39-64)54-19-20-58-47-67(41-31-55(58)43-54)78(65-36-27-52(28-37-65)50-13-5-2-6-14-50)68-42-33-57-45-62(24-22-60(57)48-68)74-76-70-16-8-10-18-72(70)80-74/h1-48H. The summed E-state index contributed by atoms with van der Waals surface area (Å²) in [5, 5.41) is 6.78. The predicted molar refractivity (Wildman–Crippen MR) is 331 cm³/mol. The van der Waals surface area contributed by atoms with E-state index in [0.29, 0.717) is 11.8 Å². The van der Waals surface area contributed by atoms with Gasteiger partial charge < -0.3 is 18.6 Å². The van der Waals surface area contributed by atoms with Gasteiger partial charge in [-0.05, 0) is 193 Å². The maximum absolute atomic E-state index is 6.15. The summed E-state index contributed by atoms with van der Waals surface area (Å²) in [5.74, 6) is 1.24. The first-order valence-electron chi connectivity index (χ1n) is 26.9. The highest BCUT2D eigenvalue weighted by molar-refractivity contribution is 5.97. The van der Waals surface area contributed by atoms with Crippen LogP contribution in [0.5, 0.6) is 0 Å². The first kappa shape index (κ1) is 46.5. The van der Waals surface area contributed by atoms with E-state index in [0.717, 1.165) is 111 Å². The average molecular weight is 1030 g/mol. The third kappa shape index (κ3) is 8.77. The normalized spacial score (nSPS) is 11.5. The Hall–Kier alpha value is -10.8. The highest BCUT2D eigenvalue weighted by Crippen LogP contribution is 2.42. The highest BCUT2D eigenvalue weighted by Gasteiger charge is 2.19. The van der Waals surface area contributed by atoms with Crippen molar-refractivity contribution in [3.8, 4) is 56.3 Å². The molecule has 0 unspecified atom stereocenters. The van der Waals surface area contributed by atoms with E-state index in [4.69, 9.17) is 18.8 Å². The summed E-state index contributed by atoms with van der Waals surface area (Å²) in [4.78, 5) is 14.2. The van der Waals surface area contributed by atoms with Crippen LogP contribution < -0.4 is 9.80 Å². The van der Waals surface area contributed by atoms with Crippen LogP contribution in [0.2, 0.25) is 0 Å². The lowest BCUT2D eigenvalue weighted by Crippen LogP contribution is -2.10. The molecule has 0 saturated heterocycles. The van der Waals surface area contributed by atoms with Gasteiger partial charge in [0.1, 0.15) is 11.0 Å². The fourth-order valence-corrected chi connectivity index (χ4v) is 11.1. The molecule has 0 aliphatic carbocycles. The van der Waals surface area contributed by atoms with E-state index < -0.39 is 0 Å². The molecule has 0 atom stereocenters. The van der Waals surface area contributed by atoms with Gasteiger partial charge in [-0.2, -0.15) is 0 Å². The van der Waals surface area contributed by atoms with Crippen LogP contribution in [0.1, 0.15) is 0 Å². The predicted octanol–water partition coefficient (Wildman–Crippen LogP) is 20.7. The van der Waals surface area contributed by atoms with Gasteiger partial charge in [0.15, 0.2) is 11.2 Å². The molecule has 15 rings (SSSR count). The number of fused-ring (bicyclic) bond motifs is 5. The van der Waals surface area contributed by atoms with Gasteiger partial charge in [-0.3, -0.25) is 0 Å². The number of aromatic nitrogens is 2. The Balaban J connectivity index is 0.752. The molecule has 0 saturated carbocycles. The molecule has 0 radical (unpaired) electrons. The van der Waals surface area contributed by atoms with Crippen molar-refractivity contribution >= 4 is 88.6 Å². The lowest BCUT2D eigenvalue weighted by atomic mass is 9.99. The molecular weight excluding hydrogens is 977 g/mol. The van der Waals surface area contributed by atoms with Crippen LogP contribution in [0, 0.1) is 0 Å². The van der Waals surface area contributed by atoms with Crippen molar-refractivity contribution in [2.45, 2.75) is 0 Å². The molecule has 0 aliphatic rings. The molecule has 0 spiro atoms. The lowest BCUT2D eigenvalue weighted by molar-refractivity contribution is 0.619.